The minimum atomic E-state index is -3.24. The number of nitrogens with zero attached hydrogens (tertiary/aromatic N) is 1. The number of hydrogen-bond acceptors (Lipinski definition) is 5. The zero-order chi connectivity index (χ0) is 24.9. The first-order valence-electron chi connectivity index (χ1n) is 11.9. The minimum absolute atomic E-state index is 0.0607. The van der Waals surface area contributed by atoms with E-state index in [4.69, 9.17) is 0 Å². The van der Waals surface area contributed by atoms with Gasteiger partial charge in [0.25, 0.3) is 5.91 Å². The number of amides is 4. The first kappa shape index (κ1) is 24.5. The summed E-state index contributed by atoms with van der Waals surface area (Å²) in [7, 11) is 0. The fraction of sp³-hybridized carbons (Fsp3) is 0.783. The van der Waals surface area contributed by atoms with E-state index >= 15 is 0 Å². The largest absolute Gasteiger partial charge is 0.356 e. The lowest BCUT2D eigenvalue weighted by molar-refractivity contribution is -0.145. The molecular weight excluding hydrogens is 450 g/mol. The molecule has 4 amide bonds. The SMILES string of the molecule is CC1CC1[C@H](NC(=O)C(F)F)C(=O)N1CC2[C@@H]([C@H]1C(=O)N[C@H](C=O)C[C@@H]1CCNC1=O)C2(C)C. The van der Waals surface area contributed by atoms with Crippen molar-refractivity contribution in [1.82, 2.24) is 20.9 Å². The van der Waals surface area contributed by atoms with Crippen molar-refractivity contribution in [2.75, 3.05) is 13.1 Å². The van der Waals surface area contributed by atoms with E-state index < -0.39 is 42.3 Å². The summed E-state index contributed by atoms with van der Waals surface area (Å²) in [5.41, 5.74) is -0.185. The predicted octanol–water partition coefficient (Wildman–Crippen LogP) is 0.0852. The van der Waals surface area contributed by atoms with Crippen LogP contribution in [0.25, 0.3) is 0 Å². The molecule has 4 rings (SSSR count). The molecule has 2 heterocycles. The van der Waals surface area contributed by atoms with Gasteiger partial charge in [0.1, 0.15) is 18.4 Å². The van der Waals surface area contributed by atoms with Crippen LogP contribution < -0.4 is 16.0 Å². The van der Waals surface area contributed by atoms with Gasteiger partial charge >= 0.3 is 6.43 Å². The van der Waals surface area contributed by atoms with Gasteiger partial charge in [-0.1, -0.05) is 20.8 Å². The maximum Gasteiger partial charge on any atom is 0.315 e. The average Bonchev–Trinajstić information content (AvgIpc) is 3.42. The Morgan fingerprint density at radius 1 is 1.26 bits per heavy atom. The van der Waals surface area contributed by atoms with E-state index in [0.29, 0.717) is 25.7 Å². The number of alkyl halides is 2. The molecule has 4 aliphatic rings. The van der Waals surface area contributed by atoms with E-state index in [2.05, 4.69) is 16.0 Å². The second-order valence-electron chi connectivity index (χ2n) is 10.8. The highest BCUT2D eigenvalue weighted by atomic mass is 19.3. The van der Waals surface area contributed by atoms with Crippen LogP contribution in [0.15, 0.2) is 0 Å². The molecule has 188 valence electrons. The highest BCUT2D eigenvalue weighted by Gasteiger charge is 2.70. The number of carbonyl (C=O) groups is 5. The van der Waals surface area contributed by atoms with Crippen molar-refractivity contribution >= 4 is 29.9 Å². The van der Waals surface area contributed by atoms with Gasteiger partial charge < -0.3 is 25.6 Å². The molecule has 0 bridgehead atoms. The summed E-state index contributed by atoms with van der Waals surface area (Å²) in [5.74, 6) is -3.29. The summed E-state index contributed by atoms with van der Waals surface area (Å²) in [6.45, 7) is 6.69. The Morgan fingerprint density at radius 2 is 1.94 bits per heavy atom. The lowest BCUT2D eigenvalue weighted by Crippen LogP contribution is -2.58. The normalized spacial score (nSPS) is 34.6. The molecule has 3 unspecified atom stereocenters. The van der Waals surface area contributed by atoms with Gasteiger partial charge in [0.05, 0.1) is 6.04 Å². The third kappa shape index (κ3) is 4.40. The Hall–Kier alpha value is -2.59. The summed E-state index contributed by atoms with van der Waals surface area (Å²) in [6.07, 6.45) is -1.27. The Bertz CT molecular complexity index is 897. The topological polar surface area (TPSA) is 125 Å². The fourth-order valence-electron chi connectivity index (χ4n) is 5.97. The number of rotatable bonds is 9. The number of likely N-dealkylation sites (tertiary alicyclic amines) is 1. The van der Waals surface area contributed by atoms with Gasteiger partial charge in [0.2, 0.25) is 17.7 Å². The van der Waals surface area contributed by atoms with Crippen LogP contribution in [0.1, 0.15) is 40.0 Å². The van der Waals surface area contributed by atoms with Crippen molar-refractivity contribution in [3.8, 4) is 0 Å². The Balaban J connectivity index is 1.50. The van der Waals surface area contributed by atoms with E-state index in [0.717, 1.165) is 0 Å². The number of halogens is 2. The predicted molar refractivity (Wildman–Crippen MR) is 115 cm³/mol. The van der Waals surface area contributed by atoms with E-state index in [1.165, 1.54) is 4.90 Å². The van der Waals surface area contributed by atoms with Crippen molar-refractivity contribution in [3.05, 3.63) is 0 Å². The van der Waals surface area contributed by atoms with E-state index in [1.807, 2.05) is 20.8 Å². The fourth-order valence-corrected chi connectivity index (χ4v) is 5.97. The molecule has 4 fully saturated rings. The van der Waals surface area contributed by atoms with Crippen LogP contribution in [0.3, 0.4) is 0 Å². The number of piperidine rings is 1. The van der Waals surface area contributed by atoms with Crippen molar-refractivity contribution in [1.29, 1.82) is 0 Å². The summed E-state index contributed by atoms with van der Waals surface area (Å²) in [4.78, 5) is 63.4. The molecule has 0 aromatic carbocycles. The van der Waals surface area contributed by atoms with Crippen LogP contribution in [0, 0.1) is 35.0 Å². The van der Waals surface area contributed by atoms with Crippen LogP contribution in [0.4, 0.5) is 8.78 Å². The maximum atomic E-state index is 13.5. The summed E-state index contributed by atoms with van der Waals surface area (Å²) in [6, 6.07) is -2.86. The number of nitrogens with one attached hydrogen (secondary N) is 3. The molecular formula is C23H32F2N4O5. The van der Waals surface area contributed by atoms with E-state index in [9.17, 15) is 32.8 Å². The second-order valence-corrected chi connectivity index (χ2v) is 10.8. The molecule has 34 heavy (non-hydrogen) atoms. The number of carbonyl (C=O) groups excluding carboxylic acids is 5. The summed E-state index contributed by atoms with van der Waals surface area (Å²) >= 11 is 0. The first-order valence-corrected chi connectivity index (χ1v) is 11.9. The quantitative estimate of drug-likeness (QED) is 0.402. The van der Waals surface area contributed by atoms with E-state index in [-0.39, 0.29) is 53.9 Å². The molecule has 0 spiro atoms. The molecule has 0 aromatic rings. The summed E-state index contributed by atoms with van der Waals surface area (Å²) in [5, 5.41) is 7.59. The van der Waals surface area contributed by atoms with Gasteiger partial charge in [-0.25, -0.2) is 0 Å². The highest BCUT2D eigenvalue weighted by Crippen LogP contribution is 2.65. The molecule has 11 heteroatoms. The molecule has 0 aromatic heterocycles. The number of hydrogen-bond donors (Lipinski definition) is 3. The maximum absolute atomic E-state index is 13.5. The minimum Gasteiger partial charge on any atom is -0.356 e. The zero-order valence-electron chi connectivity index (χ0n) is 19.6. The molecule has 8 atom stereocenters. The molecule has 3 N–H and O–H groups in total. The standard InChI is InChI=1S/C23H32F2N4O5/c1-10-6-13(10)16(28-21(33)18(24)25)22(34)29-8-14-15(23(14,2)3)17(29)20(32)27-12(9-30)7-11-4-5-26-19(11)31/h9-18H,4-8H2,1-3H3,(H,26,31)(H,27,32)(H,28,33)/t10?,11-,12-,13?,14?,15-,16-,17-/m0/s1. The number of fused-ring (bicyclic) bond motifs is 1. The average molecular weight is 483 g/mol. The van der Waals surface area contributed by atoms with Crippen molar-refractivity contribution < 1.29 is 32.8 Å². The molecule has 2 aliphatic heterocycles. The third-order valence-electron chi connectivity index (χ3n) is 8.32. The van der Waals surface area contributed by atoms with Crippen molar-refractivity contribution in [3.63, 3.8) is 0 Å². The van der Waals surface area contributed by atoms with E-state index in [1.54, 1.807) is 0 Å². The van der Waals surface area contributed by atoms with Crippen molar-refractivity contribution in [2.45, 2.75) is 64.6 Å². The van der Waals surface area contributed by atoms with Crippen LogP contribution >= 0.6 is 0 Å². The molecule has 2 aliphatic carbocycles. The highest BCUT2D eigenvalue weighted by molar-refractivity contribution is 5.95. The third-order valence-corrected chi connectivity index (χ3v) is 8.32. The Morgan fingerprint density at radius 3 is 2.47 bits per heavy atom. The Kier molecular flexibility index (Phi) is 6.41. The monoisotopic (exact) mass is 482 g/mol. The van der Waals surface area contributed by atoms with Gasteiger partial charge in [0, 0.05) is 19.0 Å². The zero-order valence-corrected chi connectivity index (χ0v) is 19.6. The van der Waals surface area contributed by atoms with Gasteiger partial charge in [0.15, 0.2) is 0 Å². The lowest BCUT2D eigenvalue weighted by Gasteiger charge is -2.33. The molecule has 2 saturated heterocycles. The van der Waals surface area contributed by atoms with Gasteiger partial charge in [-0.05, 0) is 48.3 Å². The van der Waals surface area contributed by atoms with Crippen LogP contribution in [0.2, 0.25) is 0 Å². The Labute approximate surface area is 196 Å². The second kappa shape index (κ2) is 8.88. The van der Waals surface area contributed by atoms with Crippen molar-refractivity contribution in [2.24, 2.45) is 35.0 Å². The molecule has 9 nitrogen and oxygen atoms in total. The van der Waals surface area contributed by atoms with Crippen LogP contribution in [-0.2, 0) is 24.0 Å². The lowest BCUT2D eigenvalue weighted by atomic mass is 9.97. The first-order chi connectivity index (χ1) is 16.0. The van der Waals surface area contributed by atoms with Crippen LogP contribution in [-0.4, -0.2) is 72.5 Å². The van der Waals surface area contributed by atoms with Crippen LogP contribution in [0.5, 0.6) is 0 Å². The smallest absolute Gasteiger partial charge is 0.315 e. The summed E-state index contributed by atoms with van der Waals surface area (Å²) < 4.78 is 25.8. The molecule has 2 saturated carbocycles. The molecule has 0 radical (unpaired) electrons. The van der Waals surface area contributed by atoms with Gasteiger partial charge in [-0.15, -0.1) is 0 Å². The number of aldehydes is 1. The van der Waals surface area contributed by atoms with Gasteiger partial charge in [-0.2, -0.15) is 8.78 Å². The van der Waals surface area contributed by atoms with Gasteiger partial charge in [-0.3, -0.25) is 19.2 Å².